The summed E-state index contributed by atoms with van der Waals surface area (Å²) in [6, 6.07) is 2.23. The van der Waals surface area contributed by atoms with Crippen molar-refractivity contribution in [1.29, 1.82) is 5.26 Å². The number of amides is 1. The quantitative estimate of drug-likeness (QED) is 0.805. The number of nitrogens with zero attached hydrogens (tertiary/aromatic N) is 1. The van der Waals surface area contributed by atoms with Gasteiger partial charge in [-0.3, -0.25) is 0 Å². The van der Waals surface area contributed by atoms with Crippen molar-refractivity contribution in [2.75, 3.05) is 6.54 Å². The van der Waals surface area contributed by atoms with E-state index in [9.17, 15) is 4.79 Å². The van der Waals surface area contributed by atoms with Crippen LogP contribution in [0, 0.1) is 11.3 Å². The van der Waals surface area contributed by atoms with Gasteiger partial charge in [0.15, 0.2) is 0 Å². The van der Waals surface area contributed by atoms with Crippen LogP contribution in [-0.4, -0.2) is 23.0 Å². The summed E-state index contributed by atoms with van der Waals surface area (Å²) in [5.41, 5.74) is -0.509. The third-order valence-corrected chi connectivity index (χ3v) is 3.14. The summed E-state index contributed by atoms with van der Waals surface area (Å²) in [5.74, 6) is 0. The summed E-state index contributed by atoms with van der Waals surface area (Å²) in [5, 5.41) is 13.6. The van der Waals surface area contributed by atoms with Crippen LogP contribution in [0.1, 0.15) is 27.2 Å². The van der Waals surface area contributed by atoms with Gasteiger partial charge in [0.1, 0.15) is 10.3 Å². The van der Waals surface area contributed by atoms with Crippen LogP contribution in [0.3, 0.4) is 0 Å². The van der Waals surface area contributed by atoms with Gasteiger partial charge in [0, 0.05) is 6.54 Å². The van der Waals surface area contributed by atoms with Crippen LogP contribution in [0.25, 0.3) is 0 Å². The first-order valence-electron chi connectivity index (χ1n) is 5.08. The second kappa shape index (κ2) is 4.79. The van der Waals surface area contributed by atoms with Crippen LogP contribution in [-0.2, 0) is 4.74 Å². The predicted molar refractivity (Wildman–Crippen MR) is 63.9 cm³/mol. The highest BCUT2D eigenvalue weighted by molar-refractivity contribution is 8.04. The first-order chi connectivity index (χ1) is 7.37. The monoisotopic (exact) mass is 240 g/mol. The maximum absolute atomic E-state index is 11.4. The van der Waals surface area contributed by atoms with E-state index >= 15 is 0 Å². The summed E-state index contributed by atoms with van der Waals surface area (Å²) >= 11 is 1.44. The highest BCUT2D eigenvalue weighted by Gasteiger charge is 2.33. The van der Waals surface area contributed by atoms with Gasteiger partial charge >= 0.3 is 6.09 Å². The zero-order valence-electron chi connectivity index (χ0n) is 9.74. The van der Waals surface area contributed by atoms with Crippen molar-refractivity contribution in [2.45, 2.75) is 37.5 Å². The van der Waals surface area contributed by atoms with Gasteiger partial charge in [-0.2, -0.15) is 5.26 Å². The molecule has 4 nitrogen and oxygen atoms in total. The number of ether oxygens (including phenoxy) is 1. The summed E-state index contributed by atoms with van der Waals surface area (Å²) in [4.78, 5) is 11.4. The van der Waals surface area contributed by atoms with Crippen LogP contribution >= 0.6 is 11.8 Å². The molecular weight excluding hydrogens is 224 g/mol. The maximum atomic E-state index is 11.4. The predicted octanol–water partition coefficient (Wildman–Crippen LogP) is 2.42. The average molecular weight is 240 g/mol. The number of rotatable bonds is 2. The number of allylic oxidation sites excluding steroid dienone is 1. The topological polar surface area (TPSA) is 62.1 Å². The number of hydrogen-bond acceptors (Lipinski definition) is 4. The summed E-state index contributed by atoms with van der Waals surface area (Å²) in [6.07, 6.45) is 2.11. The Kier molecular flexibility index (Phi) is 3.87. The molecule has 0 aromatic carbocycles. The Morgan fingerprint density at radius 3 is 2.81 bits per heavy atom. The summed E-state index contributed by atoms with van der Waals surface area (Å²) in [6.45, 7) is 5.71. The van der Waals surface area contributed by atoms with Crippen molar-refractivity contribution in [3.63, 3.8) is 0 Å². The minimum Gasteiger partial charge on any atom is -0.444 e. The van der Waals surface area contributed by atoms with Gasteiger partial charge in [-0.25, -0.2) is 4.79 Å². The fourth-order valence-corrected chi connectivity index (χ4v) is 2.07. The van der Waals surface area contributed by atoms with Gasteiger partial charge < -0.3 is 10.1 Å². The highest BCUT2D eigenvalue weighted by atomic mass is 32.2. The normalized spacial score (nSPS) is 23.9. The summed E-state index contributed by atoms with van der Waals surface area (Å²) < 4.78 is 4.54. The molecule has 0 radical (unpaired) electrons. The number of nitrogens with one attached hydrogen (secondary N) is 1. The third kappa shape index (κ3) is 3.78. The Morgan fingerprint density at radius 2 is 2.38 bits per heavy atom. The van der Waals surface area contributed by atoms with E-state index in [1.165, 1.54) is 11.8 Å². The van der Waals surface area contributed by atoms with Crippen molar-refractivity contribution < 1.29 is 9.53 Å². The minimum absolute atomic E-state index is 0.302. The molecule has 1 rings (SSSR count). The van der Waals surface area contributed by atoms with Crippen molar-refractivity contribution in [3.8, 4) is 6.07 Å². The van der Waals surface area contributed by atoms with Gasteiger partial charge in [0.25, 0.3) is 0 Å². The van der Waals surface area contributed by atoms with Gasteiger partial charge in [-0.1, -0.05) is 6.08 Å². The Labute approximate surface area is 100 Å². The van der Waals surface area contributed by atoms with E-state index in [2.05, 4.69) is 11.4 Å². The second-order valence-electron chi connectivity index (χ2n) is 4.66. The van der Waals surface area contributed by atoms with Crippen LogP contribution in [0.5, 0.6) is 0 Å². The third-order valence-electron chi connectivity index (χ3n) is 1.96. The van der Waals surface area contributed by atoms with Crippen molar-refractivity contribution in [3.05, 3.63) is 11.5 Å². The Morgan fingerprint density at radius 1 is 1.69 bits per heavy atom. The van der Waals surface area contributed by atoms with E-state index < -0.39 is 16.4 Å². The summed E-state index contributed by atoms with van der Waals surface area (Å²) in [7, 11) is 0. The molecule has 0 aromatic rings. The second-order valence-corrected chi connectivity index (χ2v) is 5.94. The number of nitriles is 1. The standard InChI is InChI=1S/C11H16N2O2S/c1-10(2,3)15-9(14)13-8-11(7-12)5-4-6-16-11/h4,6H,5,8H2,1-3H3,(H,13,14). The molecule has 0 fully saturated rings. The van der Waals surface area contributed by atoms with E-state index in [1.54, 1.807) is 20.8 Å². The fourth-order valence-electron chi connectivity index (χ4n) is 1.22. The van der Waals surface area contributed by atoms with Gasteiger partial charge in [0.2, 0.25) is 0 Å². The number of hydrogen-bond donors (Lipinski definition) is 1. The Hall–Kier alpha value is -1.15. The van der Waals surface area contributed by atoms with Gasteiger partial charge in [-0.15, -0.1) is 11.8 Å². The van der Waals surface area contributed by atoms with E-state index in [0.29, 0.717) is 13.0 Å². The SMILES string of the molecule is CC(C)(C)OC(=O)NCC1(C#N)CC=CS1. The van der Waals surface area contributed by atoms with Crippen LogP contribution in [0.4, 0.5) is 4.79 Å². The molecule has 5 heteroatoms. The molecule has 0 spiro atoms. The lowest BCUT2D eigenvalue weighted by atomic mass is 10.1. The molecule has 1 amide bonds. The molecule has 0 saturated carbocycles. The number of carbonyl (C=O) groups excluding carboxylic acids is 1. The van der Waals surface area contributed by atoms with E-state index in [4.69, 9.17) is 10.00 Å². The molecule has 0 saturated heterocycles. The molecule has 16 heavy (non-hydrogen) atoms. The molecule has 88 valence electrons. The number of thioether (sulfide) groups is 1. The molecule has 0 aliphatic carbocycles. The van der Waals surface area contributed by atoms with E-state index in [0.717, 1.165) is 0 Å². The van der Waals surface area contributed by atoms with Gasteiger partial charge in [0.05, 0.1) is 6.07 Å². The van der Waals surface area contributed by atoms with Crippen LogP contribution in [0.15, 0.2) is 11.5 Å². The molecule has 1 N–H and O–H groups in total. The fraction of sp³-hybridized carbons (Fsp3) is 0.636. The van der Waals surface area contributed by atoms with Crippen molar-refractivity contribution in [1.82, 2.24) is 5.32 Å². The Balaban J connectivity index is 2.40. The van der Waals surface area contributed by atoms with E-state index in [1.807, 2.05) is 11.5 Å². The molecule has 1 aliphatic rings. The molecular formula is C11H16N2O2S. The lowest BCUT2D eigenvalue weighted by molar-refractivity contribution is 0.0525. The lowest BCUT2D eigenvalue weighted by Gasteiger charge is -2.23. The molecule has 1 heterocycles. The molecule has 1 atom stereocenters. The highest BCUT2D eigenvalue weighted by Crippen LogP contribution is 2.35. The number of alkyl carbamates (subject to hydrolysis) is 1. The van der Waals surface area contributed by atoms with Crippen molar-refractivity contribution >= 4 is 17.9 Å². The number of carbonyl (C=O) groups is 1. The molecule has 1 unspecified atom stereocenters. The molecule has 1 aliphatic heterocycles. The minimum atomic E-state index is -0.559. The lowest BCUT2D eigenvalue weighted by Crippen LogP contribution is -2.40. The molecule has 0 aromatic heterocycles. The van der Waals surface area contributed by atoms with Gasteiger partial charge in [-0.05, 0) is 32.6 Å². The Bertz CT molecular complexity index is 331. The van der Waals surface area contributed by atoms with Crippen LogP contribution < -0.4 is 5.32 Å². The van der Waals surface area contributed by atoms with Crippen LogP contribution in [0.2, 0.25) is 0 Å². The van der Waals surface area contributed by atoms with E-state index in [-0.39, 0.29) is 0 Å². The molecule has 0 bridgehead atoms. The average Bonchev–Trinajstić information content (AvgIpc) is 2.61. The first kappa shape index (κ1) is 12.9. The smallest absolute Gasteiger partial charge is 0.407 e. The zero-order valence-corrected chi connectivity index (χ0v) is 10.6. The maximum Gasteiger partial charge on any atom is 0.407 e. The van der Waals surface area contributed by atoms with Crippen molar-refractivity contribution in [2.24, 2.45) is 0 Å². The zero-order chi connectivity index (χ0) is 12.2. The largest absolute Gasteiger partial charge is 0.444 e. The first-order valence-corrected chi connectivity index (χ1v) is 5.96.